The smallest absolute Gasteiger partial charge is 0.225 e. The minimum Gasteiger partial charge on any atom is -0.362 e. The molecule has 1 heterocycles. The molecule has 1 aromatic heterocycles. The van der Waals surface area contributed by atoms with Crippen LogP contribution in [0.4, 0.5) is 20.5 Å². The Morgan fingerprint density at radius 2 is 1.77 bits per heavy atom. The fourth-order valence-electron chi connectivity index (χ4n) is 4.23. The summed E-state index contributed by atoms with van der Waals surface area (Å²) >= 11 is 0. The number of hydrogen-bond acceptors (Lipinski definition) is 5. The summed E-state index contributed by atoms with van der Waals surface area (Å²) in [4.78, 5) is 11.5. The van der Waals surface area contributed by atoms with Gasteiger partial charge in [-0.15, -0.1) is 0 Å². The largest absolute Gasteiger partial charge is 0.362 e. The summed E-state index contributed by atoms with van der Waals surface area (Å²) in [6, 6.07) is 12.5. The molecule has 0 unspecified atom stereocenters. The monoisotopic (exact) mass is 429 g/mol. The van der Waals surface area contributed by atoms with Crippen LogP contribution in [0.15, 0.2) is 42.5 Å². The Bertz CT molecular complexity index is 1040. The normalized spacial score (nSPS) is 18.8. The van der Waals surface area contributed by atoms with Gasteiger partial charge in [0.05, 0.1) is 5.52 Å². The molecule has 0 saturated heterocycles. The van der Waals surface area contributed by atoms with Crippen LogP contribution >= 0.6 is 0 Å². The number of hydrogen-bond donors (Lipinski definition) is 2. The summed E-state index contributed by atoms with van der Waals surface area (Å²) in [5, 5.41) is 7.97. The first-order chi connectivity index (χ1) is 15.0. The number of nitrogens with one attached hydrogen (secondary N) is 2. The molecule has 4 rings (SSSR count). The molecule has 0 atom stereocenters. The Morgan fingerprint density at radius 1 is 1.00 bits per heavy atom. The van der Waals surface area contributed by atoms with Gasteiger partial charge in [-0.1, -0.05) is 18.2 Å². The molecule has 3 aromatic rings. The molecular formula is C24H33F2N5. The van der Waals surface area contributed by atoms with Crippen molar-refractivity contribution in [3.63, 3.8) is 0 Å². The van der Waals surface area contributed by atoms with Crippen LogP contribution in [-0.4, -0.2) is 36.6 Å². The predicted molar refractivity (Wildman–Crippen MR) is 126 cm³/mol. The van der Waals surface area contributed by atoms with E-state index < -0.39 is 11.6 Å². The lowest BCUT2D eigenvalue weighted by molar-refractivity contribution is 0.323. The second-order valence-electron chi connectivity index (χ2n) is 8.52. The zero-order chi connectivity index (χ0) is 21.8. The van der Waals surface area contributed by atoms with Gasteiger partial charge in [-0.05, 0) is 68.0 Å². The third kappa shape index (κ3) is 5.28. The number of para-hydroxylation sites is 1. The Hall–Kier alpha value is -2.80. The number of rotatable bonds is 7. The first-order valence-electron chi connectivity index (χ1n) is 10.8. The minimum atomic E-state index is -0.803. The molecule has 2 N–H and O–H groups in total. The van der Waals surface area contributed by atoms with Crippen molar-refractivity contribution in [1.82, 2.24) is 15.3 Å². The van der Waals surface area contributed by atoms with E-state index in [0.717, 1.165) is 54.5 Å². The van der Waals surface area contributed by atoms with Gasteiger partial charge in [-0.3, -0.25) is 0 Å². The second kappa shape index (κ2) is 9.56. The van der Waals surface area contributed by atoms with E-state index in [-0.39, 0.29) is 2.85 Å². The van der Waals surface area contributed by atoms with Crippen LogP contribution in [0.1, 0.15) is 34.1 Å². The van der Waals surface area contributed by atoms with Gasteiger partial charge >= 0.3 is 0 Å². The summed E-state index contributed by atoms with van der Waals surface area (Å²) < 4.78 is 26.3. The van der Waals surface area contributed by atoms with Crippen molar-refractivity contribution in [2.45, 2.75) is 38.3 Å². The first-order valence-corrected chi connectivity index (χ1v) is 10.8. The Morgan fingerprint density at radius 3 is 2.52 bits per heavy atom. The molecule has 31 heavy (non-hydrogen) atoms. The topological polar surface area (TPSA) is 53.1 Å². The van der Waals surface area contributed by atoms with E-state index in [9.17, 15) is 8.78 Å². The molecule has 1 fully saturated rings. The van der Waals surface area contributed by atoms with Gasteiger partial charge in [0.25, 0.3) is 0 Å². The highest BCUT2D eigenvalue weighted by molar-refractivity contribution is 5.90. The highest BCUT2D eigenvalue weighted by Crippen LogP contribution is 2.28. The lowest BCUT2D eigenvalue weighted by Gasteiger charge is -2.29. The molecule has 0 radical (unpaired) electrons. The third-order valence-corrected chi connectivity index (χ3v) is 5.93. The van der Waals surface area contributed by atoms with E-state index in [2.05, 4.69) is 10.6 Å². The third-order valence-electron chi connectivity index (χ3n) is 5.93. The van der Waals surface area contributed by atoms with E-state index in [1.165, 1.54) is 12.1 Å². The van der Waals surface area contributed by atoms with Gasteiger partial charge in [0.15, 0.2) is 11.6 Å². The quantitative estimate of drug-likeness (QED) is 0.539. The summed E-state index contributed by atoms with van der Waals surface area (Å²) in [6.45, 7) is 1.43. The van der Waals surface area contributed by atoms with Crippen molar-refractivity contribution < 1.29 is 11.6 Å². The molecule has 0 bridgehead atoms. The SMILES string of the molecule is CN(C)c1nc(NC2CCC(CNCc3ccc(F)c(F)c3)CC2)nc2ccccc12.[HH].[HH]. The Labute approximate surface area is 184 Å². The van der Waals surface area contributed by atoms with Crippen molar-refractivity contribution >= 4 is 22.7 Å². The average molecular weight is 430 g/mol. The van der Waals surface area contributed by atoms with Crippen molar-refractivity contribution in [3.05, 3.63) is 59.7 Å². The van der Waals surface area contributed by atoms with Crippen LogP contribution in [0.5, 0.6) is 0 Å². The van der Waals surface area contributed by atoms with E-state index in [1.54, 1.807) is 6.07 Å². The number of fused-ring (bicyclic) bond motifs is 1. The van der Waals surface area contributed by atoms with E-state index in [0.29, 0.717) is 24.5 Å². The van der Waals surface area contributed by atoms with Crippen LogP contribution in [0.25, 0.3) is 10.9 Å². The van der Waals surface area contributed by atoms with Crippen LogP contribution < -0.4 is 15.5 Å². The number of nitrogens with zero attached hydrogens (tertiary/aromatic N) is 3. The van der Waals surface area contributed by atoms with Crippen molar-refractivity contribution in [3.8, 4) is 0 Å². The second-order valence-corrected chi connectivity index (χ2v) is 8.52. The van der Waals surface area contributed by atoms with Gasteiger partial charge in [-0.2, -0.15) is 4.98 Å². The van der Waals surface area contributed by atoms with Gasteiger partial charge in [0, 0.05) is 34.9 Å². The predicted octanol–water partition coefficient (Wildman–Crippen LogP) is 5.23. The van der Waals surface area contributed by atoms with Crippen LogP contribution in [0.3, 0.4) is 0 Å². The highest BCUT2D eigenvalue weighted by atomic mass is 19.2. The molecule has 1 aliphatic rings. The van der Waals surface area contributed by atoms with E-state index >= 15 is 0 Å². The molecular weight excluding hydrogens is 396 g/mol. The fraction of sp³-hybridized carbons (Fsp3) is 0.417. The van der Waals surface area contributed by atoms with Crippen molar-refractivity contribution in [1.29, 1.82) is 0 Å². The summed E-state index contributed by atoms with van der Waals surface area (Å²) in [6.07, 6.45) is 4.34. The molecule has 1 aliphatic carbocycles. The van der Waals surface area contributed by atoms with Gasteiger partial charge in [0.1, 0.15) is 5.82 Å². The maximum absolute atomic E-state index is 13.3. The maximum Gasteiger partial charge on any atom is 0.225 e. The van der Waals surface area contributed by atoms with E-state index in [1.807, 2.05) is 43.3 Å². The Balaban J connectivity index is 0.00000193. The molecule has 0 amide bonds. The number of benzene rings is 2. The first kappa shape index (κ1) is 21.4. The minimum absolute atomic E-state index is 0. The number of halogens is 2. The average Bonchev–Trinajstić information content (AvgIpc) is 2.77. The summed E-state index contributed by atoms with van der Waals surface area (Å²) in [5.74, 6) is 0.589. The number of anilines is 2. The lowest BCUT2D eigenvalue weighted by atomic mass is 9.86. The Kier molecular flexibility index (Phi) is 6.61. The van der Waals surface area contributed by atoms with Crippen LogP contribution in [0, 0.1) is 17.6 Å². The van der Waals surface area contributed by atoms with Crippen LogP contribution in [0.2, 0.25) is 0 Å². The molecule has 2 aromatic carbocycles. The zero-order valence-corrected chi connectivity index (χ0v) is 18.0. The fourth-order valence-corrected chi connectivity index (χ4v) is 4.23. The van der Waals surface area contributed by atoms with E-state index in [4.69, 9.17) is 9.97 Å². The van der Waals surface area contributed by atoms with Crippen LogP contribution in [-0.2, 0) is 6.54 Å². The lowest BCUT2D eigenvalue weighted by Crippen LogP contribution is -2.31. The molecule has 5 nitrogen and oxygen atoms in total. The maximum atomic E-state index is 13.3. The molecule has 168 valence electrons. The summed E-state index contributed by atoms with van der Waals surface area (Å²) in [7, 11) is 3.99. The molecule has 7 heteroatoms. The van der Waals surface area contributed by atoms with Crippen molar-refractivity contribution in [2.75, 3.05) is 30.9 Å². The standard InChI is InChI=1S/C24H29F2N5.2H2/c1-31(2)23-19-5-3-4-6-22(19)29-24(30-23)28-18-10-7-16(8-11-18)14-27-15-17-9-12-20(25)21(26)13-17;;/h3-6,9,12-13,16,18,27H,7-8,10-11,14-15H2,1-2H3,(H,28,29,30);2*1H. The molecule has 0 aliphatic heterocycles. The zero-order valence-electron chi connectivity index (χ0n) is 18.0. The summed E-state index contributed by atoms with van der Waals surface area (Å²) in [5.41, 5.74) is 1.71. The van der Waals surface area contributed by atoms with Crippen molar-refractivity contribution in [2.24, 2.45) is 5.92 Å². The van der Waals surface area contributed by atoms with Gasteiger partial charge in [0.2, 0.25) is 5.95 Å². The van der Waals surface area contributed by atoms with Gasteiger partial charge in [-0.25, -0.2) is 13.8 Å². The van der Waals surface area contributed by atoms with Gasteiger partial charge < -0.3 is 15.5 Å². The molecule has 1 saturated carbocycles. The number of aromatic nitrogens is 2. The highest BCUT2D eigenvalue weighted by Gasteiger charge is 2.22. The molecule has 0 spiro atoms.